The van der Waals surface area contributed by atoms with E-state index in [0.29, 0.717) is 0 Å². The van der Waals surface area contributed by atoms with Crippen LogP contribution >= 0.6 is 50.5 Å². The molecule has 0 spiro atoms. The van der Waals surface area contributed by atoms with Crippen molar-refractivity contribution in [1.29, 1.82) is 0 Å². The van der Waals surface area contributed by atoms with Gasteiger partial charge in [0.15, 0.2) is 0 Å². The van der Waals surface area contributed by atoms with Crippen molar-refractivity contribution < 1.29 is 102 Å². The molecule has 100 valence electrons. The van der Waals surface area contributed by atoms with Crippen LogP contribution in [0.1, 0.15) is 2.85 Å². The molecule has 0 amide bonds. The predicted octanol–water partition coefficient (Wildman–Crippen LogP) is -3.39. The van der Waals surface area contributed by atoms with E-state index in [4.69, 9.17) is 39.6 Å². The van der Waals surface area contributed by atoms with Crippen LogP contribution < -0.4 is 59.1 Å². The zero-order chi connectivity index (χ0) is 14.3. The van der Waals surface area contributed by atoms with Gasteiger partial charge in [-0.3, -0.25) is 0 Å². The Morgan fingerprint density at radius 2 is 0.556 bits per heavy atom. The summed E-state index contributed by atoms with van der Waals surface area (Å²) in [7, 11) is 0. The Balaban J connectivity index is -0.0000000150. The molecule has 0 fully saturated rings. The van der Waals surface area contributed by atoms with Crippen LogP contribution in [-0.4, -0.2) is 41.6 Å². The third-order valence-electron chi connectivity index (χ3n) is 0. The first-order chi connectivity index (χ1) is 6.93. The van der Waals surface area contributed by atoms with Crippen LogP contribution in [0.25, 0.3) is 0 Å². The summed E-state index contributed by atoms with van der Waals surface area (Å²) in [6.45, 7) is 0. The van der Waals surface area contributed by atoms with Crippen LogP contribution in [0, 0.1) is 0 Å². The van der Waals surface area contributed by atoms with Crippen molar-refractivity contribution in [1.82, 2.24) is 0 Å². The van der Waals surface area contributed by atoms with Gasteiger partial charge in [0.1, 0.15) is 0 Å². The van der Waals surface area contributed by atoms with E-state index in [1.54, 1.807) is 0 Å². The first-order valence-electron chi connectivity index (χ1n) is 2.61. The number of rotatable bonds is 0. The molecule has 0 heterocycles. The quantitative estimate of drug-likeness (QED) is 0.165. The van der Waals surface area contributed by atoms with E-state index in [1.165, 1.54) is 0 Å². The molecule has 0 aromatic rings. The van der Waals surface area contributed by atoms with E-state index in [2.05, 4.69) is 50.5 Å². The Morgan fingerprint density at radius 1 is 0.556 bits per heavy atom. The summed E-state index contributed by atoms with van der Waals surface area (Å²) in [5, 5.41) is 24.6. The molecule has 0 aliphatic heterocycles. The van der Waals surface area contributed by atoms with Crippen LogP contribution in [0.2, 0.25) is 0 Å². The summed E-state index contributed by atoms with van der Waals surface area (Å²) in [5.74, 6) is 0. The predicted molar refractivity (Wildman–Crippen MR) is 70.3 cm³/mol. The molecule has 0 rings (SSSR count). The number of carbonyl (C=O) groups is 4. The summed E-state index contributed by atoms with van der Waals surface area (Å²) >= 11 is 11.5. The van der Waals surface area contributed by atoms with Gasteiger partial charge in [0.2, 0.25) is 0 Å². The van der Waals surface area contributed by atoms with Gasteiger partial charge in [-0.2, -0.15) is 0 Å². The molecule has 0 aromatic carbocycles. The van der Waals surface area contributed by atoms with Gasteiger partial charge in [0.25, 0.3) is 0 Å². The molecule has 8 nitrogen and oxygen atoms in total. The van der Waals surface area contributed by atoms with E-state index >= 15 is 0 Å². The zero-order valence-corrected chi connectivity index (χ0v) is 16.8. The summed E-state index contributed by atoms with van der Waals surface area (Å²) in [6.07, 6.45) is 0. The van der Waals surface area contributed by atoms with Crippen LogP contribution in [0.3, 0.4) is 0 Å². The summed E-state index contributed by atoms with van der Waals surface area (Å²) in [5.41, 5.74) is 0. The fraction of sp³-hybridized carbons (Fsp3) is 0. The minimum absolute atomic E-state index is 0. The first kappa shape index (κ1) is 36.5. The number of thiol groups is 4. The molecule has 14 heteroatoms. The van der Waals surface area contributed by atoms with Crippen molar-refractivity contribution in [3.05, 3.63) is 0 Å². The maximum Gasteiger partial charge on any atom is 1.00 e. The number of hydrogen-bond donors (Lipinski definition) is 8. The zero-order valence-electron chi connectivity index (χ0n) is 11.2. The van der Waals surface area contributed by atoms with Crippen molar-refractivity contribution in [2.45, 2.75) is 0 Å². The van der Waals surface area contributed by atoms with Crippen LogP contribution in [0.5, 0.6) is 0 Å². The van der Waals surface area contributed by atoms with E-state index < -0.39 is 21.2 Å². The molecule has 0 atom stereocenters. The molecule has 0 aliphatic rings. The monoisotopic (exact) mass is 360 g/mol. The summed E-state index contributed by atoms with van der Waals surface area (Å²) in [6, 6.07) is 0. The molecular weight excluding hydrogens is 350 g/mol. The molecule has 4 N–H and O–H groups in total. The minimum atomic E-state index is -1.14. The van der Waals surface area contributed by atoms with Gasteiger partial charge in [0, 0.05) is 0 Å². The topological polar surface area (TPSA) is 149 Å². The molecule has 0 saturated heterocycles. The third-order valence-corrected chi connectivity index (χ3v) is 0. The van der Waals surface area contributed by atoms with Crippen LogP contribution in [0.4, 0.5) is 19.2 Å². The van der Waals surface area contributed by atoms with E-state index in [9.17, 15) is 0 Å². The number of carboxylic acid groups (broad SMARTS) is 4. The molecule has 0 aliphatic carbocycles. The van der Waals surface area contributed by atoms with Crippen molar-refractivity contribution in [2.75, 3.05) is 0 Å². The largest absolute Gasteiger partial charge is 1.00 e. The van der Waals surface area contributed by atoms with Gasteiger partial charge in [-0.05, 0) is 0 Å². The molecular formula is C4H10Na2O8S4. The average Bonchev–Trinajstić information content (AvgIpc) is 1.76. The van der Waals surface area contributed by atoms with E-state index in [1.807, 2.05) is 0 Å². The Kier molecular flexibility index (Phi) is 62.8. The fourth-order valence-electron chi connectivity index (χ4n) is 0. The minimum Gasteiger partial charge on any atom is -1.00 e. The van der Waals surface area contributed by atoms with Gasteiger partial charge in [-0.15, -0.1) is 0 Å². The van der Waals surface area contributed by atoms with Crippen molar-refractivity contribution in [3.8, 4) is 0 Å². The number of hydrogen-bond acceptors (Lipinski definition) is 4. The second-order valence-corrected chi connectivity index (χ2v) is 2.66. The summed E-state index contributed by atoms with van der Waals surface area (Å²) in [4.78, 5) is 35.5. The van der Waals surface area contributed by atoms with Gasteiger partial charge in [0.05, 0.1) is 0 Å². The van der Waals surface area contributed by atoms with Crippen LogP contribution in [-0.2, 0) is 0 Å². The average molecular weight is 360 g/mol. The van der Waals surface area contributed by atoms with Crippen molar-refractivity contribution >= 4 is 71.7 Å². The van der Waals surface area contributed by atoms with Gasteiger partial charge < -0.3 is 23.3 Å². The molecule has 0 saturated carbocycles. The Hall–Kier alpha value is 1.28. The SMILES string of the molecule is O=C(O)S.O=C(O)S.O=C(O)S.O=C(O)S.[H-].[H-].[Na+].[Na+]. The first-order valence-corrected chi connectivity index (χ1v) is 4.39. The van der Waals surface area contributed by atoms with Crippen molar-refractivity contribution in [3.63, 3.8) is 0 Å². The molecule has 0 aromatic heterocycles. The molecule has 0 radical (unpaired) electrons. The van der Waals surface area contributed by atoms with Crippen molar-refractivity contribution in [2.24, 2.45) is 0 Å². The summed E-state index contributed by atoms with van der Waals surface area (Å²) < 4.78 is 0. The van der Waals surface area contributed by atoms with Gasteiger partial charge in [-0.25, -0.2) is 19.2 Å². The second kappa shape index (κ2) is 31.0. The Morgan fingerprint density at radius 3 is 0.556 bits per heavy atom. The Bertz CT molecular complexity index is 183. The molecule has 18 heavy (non-hydrogen) atoms. The Labute approximate surface area is 171 Å². The standard InChI is InChI=1S/4CH2O2S.2Na.2H/c4*2-1(3)4;;;;/h4*4H,(H,2,3);;;;/q;;;;2*+1;2*-1. The second-order valence-electron chi connectivity index (χ2n) is 1.13. The maximum atomic E-state index is 8.86. The smallest absolute Gasteiger partial charge is 1.00 e. The normalized spacial score (nSPS) is 5.56. The molecule has 0 unspecified atom stereocenters. The van der Waals surface area contributed by atoms with E-state index in [-0.39, 0.29) is 62.0 Å². The maximum absolute atomic E-state index is 8.86. The molecule has 0 bridgehead atoms. The van der Waals surface area contributed by atoms with E-state index in [0.717, 1.165) is 0 Å². The third kappa shape index (κ3) is 2800. The van der Waals surface area contributed by atoms with Gasteiger partial charge >= 0.3 is 80.3 Å². The fourth-order valence-corrected chi connectivity index (χ4v) is 0. The van der Waals surface area contributed by atoms with Gasteiger partial charge in [-0.1, -0.05) is 50.5 Å². The van der Waals surface area contributed by atoms with Crippen LogP contribution in [0.15, 0.2) is 0 Å².